The second-order valence-corrected chi connectivity index (χ2v) is 8.86. The summed E-state index contributed by atoms with van der Waals surface area (Å²) < 4.78 is 32.5. The number of para-hydroxylation sites is 1. The first-order valence-corrected chi connectivity index (χ1v) is 11.3. The number of hydrogen-bond acceptors (Lipinski definition) is 5. The van der Waals surface area contributed by atoms with Gasteiger partial charge < -0.3 is 9.84 Å². The SMILES string of the molecule is CCOc1ccc([C@@H]2C(S(=O)(=O)c3ccccc3)=C(O)C(=O)N2c2ccccc2)cc1. The third-order valence-corrected chi connectivity index (χ3v) is 6.93. The van der Waals surface area contributed by atoms with Gasteiger partial charge in [0.15, 0.2) is 5.76 Å². The molecule has 1 amide bonds. The van der Waals surface area contributed by atoms with Crippen molar-refractivity contribution in [3.8, 4) is 5.75 Å². The number of aliphatic hydroxyl groups is 1. The lowest BCUT2D eigenvalue weighted by Crippen LogP contribution is -2.31. The van der Waals surface area contributed by atoms with Crippen LogP contribution in [0.25, 0.3) is 0 Å². The smallest absolute Gasteiger partial charge is 0.295 e. The zero-order chi connectivity index (χ0) is 22.0. The summed E-state index contributed by atoms with van der Waals surface area (Å²) in [5, 5.41) is 10.7. The van der Waals surface area contributed by atoms with Gasteiger partial charge in [-0.15, -0.1) is 0 Å². The van der Waals surface area contributed by atoms with E-state index >= 15 is 0 Å². The Morgan fingerprint density at radius 2 is 1.48 bits per heavy atom. The average Bonchev–Trinajstić information content (AvgIpc) is 3.07. The van der Waals surface area contributed by atoms with E-state index in [1.165, 1.54) is 17.0 Å². The molecule has 0 saturated carbocycles. The van der Waals surface area contributed by atoms with Crippen LogP contribution in [0.4, 0.5) is 5.69 Å². The van der Waals surface area contributed by atoms with Gasteiger partial charge in [0.25, 0.3) is 5.91 Å². The van der Waals surface area contributed by atoms with Crippen molar-refractivity contribution < 1.29 is 23.1 Å². The fourth-order valence-electron chi connectivity index (χ4n) is 3.65. The van der Waals surface area contributed by atoms with E-state index in [9.17, 15) is 18.3 Å². The van der Waals surface area contributed by atoms with E-state index in [1.807, 2.05) is 6.92 Å². The zero-order valence-corrected chi connectivity index (χ0v) is 17.6. The standard InChI is InChI=1S/C24H21NO5S/c1-2-30-19-15-13-17(14-16-19)21-23(31(28,29)20-11-7-4-8-12-20)22(26)24(27)25(21)18-9-5-3-6-10-18/h3-16,21,26H,2H2,1H3/t21-/m1/s1. The summed E-state index contributed by atoms with van der Waals surface area (Å²) in [6, 6.07) is 22.3. The molecule has 0 bridgehead atoms. The van der Waals surface area contributed by atoms with Crippen molar-refractivity contribution in [3.63, 3.8) is 0 Å². The van der Waals surface area contributed by atoms with Gasteiger partial charge >= 0.3 is 0 Å². The van der Waals surface area contributed by atoms with Crippen LogP contribution in [0.5, 0.6) is 5.75 Å². The Kier molecular flexibility index (Phi) is 5.52. The number of sulfone groups is 1. The average molecular weight is 436 g/mol. The molecule has 1 aliphatic rings. The number of carbonyl (C=O) groups is 1. The Morgan fingerprint density at radius 1 is 0.903 bits per heavy atom. The summed E-state index contributed by atoms with van der Waals surface area (Å²) in [7, 11) is -4.14. The van der Waals surface area contributed by atoms with Gasteiger partial charge in [0.1, 0.15) is 16.7 Å². The van der Waals surface area contributed by atoms with Crippen LogP contribution in [0.15, 0.2) is 100 Å². The van der Waals surface area contributed by atoms with Gasteiger partial charge in [0, 0.05) is 5.69 Å². The van der Waals surface area contributed by atoms with Crippen molar-refractivity contribution in [1.82, 2.24) is 0 Å². The fourth-order valence-corrected chi connectivity index (χ4v) is 5.30. The minimum Gasteiger partial charge on any atom is -0.502 e. The van der Waals surface area contributed by atoms with Gasteiger partial charge in [-0.2, -0.15) is 0 Å². The first-order valence-electron chi connectivity index (χ1n) is 9.79. The van der Waals surface area contributed by atoms with Gasteiger partial charge in [0.2, 0.25) is 9.84 Å². The highest BCUT2D eigenvalue weighted by molar-refractivity contribution is 7.95. The molecule has 1 heterocycles. The van der Waals surface area contributed by atoms with E-state index in [0.717, 1.165) is 0 Å². The van der Waals surface area contributed by atoms with Crippen molar-refractivity contribution in [2.24, 2.45) is 0 Å². The number of hydrogen-bond donors (Lipinski definition) is 1. The molecule has 3 aromatic rings. The molecule has 0 saturated heterocycles. The van der Waals surface area contributed by atoms with Crippen molar-refractivity contribution in [1.29, 1.82) is 0 Å². The summed E-state index contributed by atoms with van der Waals surface area (Å²) in [5.74, 6) is -0.909. The van der Waals surface area contributed by atoms with Crippen molar-refractivity contribution in [2.45, 2.75) is 17.9 Å². The normalized spacial score (nSPS) is 16.6. The predicted octanol–water partition coefficient (Wildman–Crippen LogP) is 4.42. The number of nitrogens with zero attached hydrogens (tertiary/aromatic N) is 1. The number of amides is 1. The fraction of sp³-hybridized carbons (Fsp3) is 0.125. The van der Waals surface area contributed by atoms with Crippen LogP contribution in [0.1, 0.15) is 18.5 Å². The first-order chi connectivity index (χ1) is 14.9. The Hall–Kier alpha value is -3.58. The van der Waals surface area contributed by atoms with E-state index in [4.69, 9.17) is 4.74 Å². The topological polar surface area (TPSA) is 83.9 Å². The molecule has 7 heteroatoms. The number of carbonyl (C=O) groups excluding carboxylic acids is 1. The van der Waals surface area contributed by atoms with Crippen molar-refractivity contribution in [3.05, 3.63) is 101 Å². The maximum absolute atomic E-state index is 13.5. The Bertz CT molecular complexity index is 1220. The third-order valence-electron chi connectivity index (χ3n) is 5.05. The second kappa shape index (κ2) is 8.28. The Morgan fingerprint density at radius 3 is 2.06 bits per heavy atom. The van der Waals surface area contributed by atoms with Crippen molar-refractivity contribution >= 4 is 21.4 Å². The van der Waals surface area contributed by atoms with E-state index in [-0.39, 0.29) is 9.80 Å². The highest BCUT2D eigenvalue weighted by Gasteiger charge is 2.47. The molecule has 0 unspecified atom stereocenters. The third kappa shape index (κ3) is 3.68. The number of anilines is 1. The van der Waals surface area contributed by atoms with Gasteiger partial charge in [-0.3, -0.25) is 9.69 Å². The summed E-state index contributed by atoms with van der Waals surface area (Å²) in [6.07, 6.45) is 0. The van der Waals surface area contributed by atoms with E-state index in [2.05, 4.69) is 0 Å². The summed E-state index contributed by atoms with van der Waals surface area (Å²) >= 11 is 0. The minimum atomic E-state index is -4.14. The quantitative estimate of drug-likeness (QED) is 0.620. The minimum absolute atomic E-state index is 0.00944. The van der Waals surface area contributed by atoms with Crippen LogP contribution < -0.4 is 9.64 Å². The van der Waals surface area contributed by atoms with Gasteiger partial charge in [-0.1, -0.05) is 48.5 Å². The Balaban J connectivity index is 1.90. The van der Waals surface area contributed by atoms with Crippen molar-refractivity contribution in [2.75, 3.05) is 11.5 Å². The number of benzene rings is 3. The molecule has 0 aliphatic carbocycles. The predicted molar refractivity (Wildman–Crippen MR) is 118 cm³/mol. The maximum atomic E-state index is 13.5. The number of ether oxygens (including phenoxy) is 1. The molecular weight excluding hydrogens is 414 g/mol. The molecule has 158 valence electrons. The van der Waals surface area contributed by atoms with Gasteiger partial charge in [-0.25, -0.2) is 8.42 Å². The van der Waals surface area contributed by atoms with Gasteiger partial charge in [0.05, 0.1) is 11.5 Å². The molecule has 1 N–H and O–H groups in total. The highest BCUT2D eigenvalue weighted by Crippen LogP contribution is 2.44. The van der Waals surface area contributed by atoms with Crippen LogP contribution in [-0.2, 0) is 14.6 Å². The maximum Gasteiger partial charge on any atom is 0.295 e. The van der Waals surface area contributed by atoms with E-state index in [0.29, 0.717) is 23.6 Å². The first kappa shape index (κ1) is 20.7. The van der Waals surface area contributed by atoms with Crippen LogP contribution in [0, 0.1) is 0 Å². The lowest BCUT2D eigenvalue weighted by atomic mass is 10.1. The van der Waals surface area contributed by atoms with E-state index in [1.54, 1.807) is 72.8 Å². The molecule has 0 aromatic heterocycles. The lowest BCUT2D eigenvalue weighted by Gasteiger charge is -2.27. The van der Waals surface area contributed by atoms with E-state index < -0.39 is 27.5 Å². The molecule has 3 aromatic carbocycles. The monoisotopic (exact) mass is 435 g/mol. The lowest BCUT2D eigenvalue weighted by molar-refractivity contribution is -0.117. The molecule has 1 atom stereocenters. The largest absolute Gasteiger partial charge is 0.502 e. The summed E-state index contributed by atoms with van der Waals surface area (Å²) in [6.45, 7) is 2.36. The van der Waals surface area contributed by atoms with Crippen LogP contribution in [0.2, 0.25) is 0 Å². The summed E-state index contributed by atoms with van der Waals surface area (Å²) in [5.41, 5.74) is 1.02. The summed E-state index contributed by atoms with van der Waals surface area (Å²) in [4.78, 5) is 14.1. The molecule has 6 nitrogen and oxygen atoms in total. The number of rotatable bonds is 6. The van der Waals surface area contributed by atoms with Crippen LogP contribution in [-0.4, -0.2) is 26.0 Å². The highest BCUT2D eigenvalue weighted by atomic mass is 32.2. The molecule has 31 heavy (non-hydrogen) atoms. The van der Waals surface area contributed by atoms with Crippen LogP contribution >= 0.6 is 0 Å². The molecule has 0 fully saturated rings. The van der Waals surface area contributed by atoms with Gasteiger partial charge in [-0.05, 0) is 48.9 Å². The molecule has 1 aliphatic heterocycles. The molecular formula is C24H21NO5S. The Labute approximate surface area is 180 Å². The zero-order valence-electron chi connectivity index (χ0n) is 16.8. The molecule has 4 rings (SSSR count). The molecule has 0 radical (unpaired) electrons. The second-order valence-electron chi connectivity index (χ2n) is 6.94. The molecule has 0 spiro atoms. The van der Waals surface area contributed by atoms with Crippen LogP contribution in [0.3, 0.4) is 0 Å². The number of aliphatic hydroxyl groups excluding tert-OH is 1.